The number of esters is 1. The number of likely N-dealkylation sites (N-methyl/N-ethyl adjacent to an activating group) is 1. The van der Waals surface area contributed by atoms with E-state index in [2.05, 4.69) is 0 Å². The highest BCUT2D eigenvalue weighted by molar-refractivity contribution is 6.21. The van der Waals surface area contributed by atoms with Gasteiger partial charge in [-0.3, -0.25) is 14.4 Å². The Morgan fingerprint density at radius 2 is 1.67 bits per heavy atom. The van der Waals surface area contributed by atoms with Gasteiger partial charge in [0.25, 0.3) is 0 Å². The predicted octanol–water partition coefficient (Wildman–Crippen LogP) is 3.75. The van der Waals surface area contributed by atoms with E-state index in [0.29, 0.717) is 5.56 Å². The van der Waals surface area contributed by atoms with Crippen LogP contribution in [0.5, 0.6) is 0 Å². The van der Waals surface area contributed by atoms with Gasteiger partial charge >= 0.3 is 5.97 Å². The number of anilines is 1. The van der Waals surface area contributed by atoms with Gasteiger partial charge in [0.15, 0.2) is 5.78 Å². The zero-order valence-electron chi connectivity index (χ0n) is 16.8. The normalized spacial score (nSPS) is 24.2. The van der Waals surface area contributed by atoms with E-state index < -0.39 is 23.2 Å². The summed E-state index contributed by atoms with van der Waals surface area (Å²) in [6.45, 7) is 1.93. The molecule has 0 bridgehead atoms. The molecule has 1 aliphatic carbocycles. The van der Waals surface area contributed by atoms with E-state index in [0.717, 1.165) is 22.0 Å². The maximum atomic E-state index is 13.6. The zero-order valence-corrected chi connectivity index (χ0v) is 16.8. The summed E-state index contributed by atoms with van der Waals surface area (Å²) in [6.07, 6.45) is 0. The molecule has 3 aromatic rings. The van der Waals surface area contributed by atoms with Gasteiger partial charge in [0, 0.05) is 18.3 Å². The Kier molecular flexibility index (Phi) is 4.03. The Bertz CT molecular complexity index is 1220. The fraction of sp³-hybridized carbons (Fsp3) is 0.240. The van der Waals surface area contributed by atoms with Crippen LogP contribution in [0.15, 0.2) is 66.7 Å². The lowest BCUT2D eigenvalue weighted by Crippen LogP contribution is -2.32. The standard InChI is InChI=1S/C25H21NO4/c1-3-30-23(28)21-20(22(27)17-13-12-15-8-4-5-9-16(15)14-17)25(21)18-10-6-7-11-19(18)26(2)24(25)29/h4-14,20-21H,3H2,1-2H3/t20-,21-,25?/m1/s1. The number of ketones is 1. The summed E-state index contributed by atoms with van der Waals surface area (Å²) in [4.78, 5) is 41.4. The lowest BCUT2D eigenvalue weighted by Gasteiger charge is -2.11. The number of nitrogens with zero attached hydrogens (tertiary/aromatic N) is 1. The number of Topliss-reactive ketones (excluding diaryl/α,β-unsaturated/α-hetero) is 1. The minimum Gasteiger partial charge on any atom is -0.466 e. The minimum atomic E-state index is -1.18. The molecule has 5 heteroatoms. The van der Waals surface area contributed by atoms with Crippen LogP contribution < -0.4 is 4.90 Å². The smallest absolute Gasteiger partial charge is 0.311 e. The van der Waals surface area contributed by atoms with Crippen molar-refractivity contribution in [3.63, 3.8) is 0 Å². The first-order valence-electron chi connectivity index (χ1n) is 10.1. The van der Waals surface area contributed by atoms with E-state index in [4.69, 9.17) is 4.74 Å². The average Bonchev–Trinajstić information content (AvgIpc) is 3.43. The molecule has 0 aromatic heterocycles. The molecule has 5 nitrogen and oxygen atoms in total. The van der Waals surface area contributed by atoms with E-state index >= 15 is 0 Å². The van der Waals surface area contributed by atoms with Crippen LogP contribution in [0.3, 0.4) is 0 Å². The van der Waals surface area contributed by atoms with Crippen LogP contribution in [0, 0.1) is 11.8 Å². The molecule has 0 radical (unpaired) electrons. The molecule has 0 saturated heterocycles. The lowest BCUT2D eigenvalue weighted by atomic mass is 9.90. The summed E-state index contributed by atoms with van der Waals surface area (Å²) in [5.41, 5.74) is 0.797. The number of hydrogen-bond acceptors (Lipinski definition) is 4. The maximum Gasteiger partial charge on any atom is 0.311 e. The SMILES string of the molecule is CCOC(=O)[C@H]1[C@H](C(=O)c2ccc3ccccc3c2)C12C(=O)N(C)c1ccccc12. The third kappa shape index (κ3) is 2.32. The third-order valence-electron chi connectivity index (χ3n) is 6.43. The molecule has 1 amide bonds. The molecular formula is C25H21NO4. The van der Waals surface area contributed by atoms with Crippen LogP contribution in [-0.4, -0.2) is 31.3 Å². The average molecular weight is 399 g/mol. The Balaban J connectivity index is 1.63. The van der Waals surface area contributed by atoms with Gasteiger partial charge in [0.2, 0.25) is 5.91 Å². The monoisotopic (exact) mass is 399 g/mol. The second-order valence-electron chi connectivity index (χ2n) is 7.88. The molecule has 1 spiro atoms. The predicted molar refractivity (Wildman–Crippen MR) is 113 cm³/mol. The molecule has 3 aromatic carbocycles. The zero-order chi connectivity index (χ0) is 21.0. The summed E-state index contributed by atoms with van der Waals surface area (Å²) < 4.78 is 5.28. The van der Waals surface area contributed by atoms with Crippen molar-refractivity contribution in [2.24, 2.45) is 11.8 Å². The van der Waals surface area contributed by atoms with Crippen LogP contribution in [-0.2, 0) is 19.7 Å². The molecule has 150 valence electrons. The number of benzene rings is 3. The van der Waals surface area contributed by atoms with E-state index in [-0.39, 0.29) is 18.3 Å². The van der Waals surface area contributed by atoms with Crippen molar-refractivity contribution in [1.29, 1.82) is 0 Å². The molecular weight excluding hydrogens is 378 g/mol. The first-order valence-corrected chi connectivity index (χ1v) is 10.1. The van der Waals surface area contributed by atoms with E-state index in [9.17, 15) is 14.4 Å². The number of fused-ring (bicyclic) bond motifs is 3. The summed E-state index contributed by atoms with van der Waals surface area (Å²) >= 11 is 0. The second kappa shape index (κ2) is 6.52. The van der Waals surface area contributed by atoms with Gasteiger partial charge < -0.3 is 9.64 Å². The summed E-state index contributed by atoms with van der Waals surface area (Å²) in [6, 6.07) is 20.7. The molecule has 2 aliphatic rings. The number of amides is 1. The van der Waals surface area contributed by atoms with E-state index in [1.165, 1.54) is 0 Å². The van der Waals surface area contributed by atoms with Gasteiger partial charge in [-0.1, -0.05) is 54.6 Å². The number of carbonyl (C=O) groups is 3. The van der Waals surface area contributed by atoms with Crippen LogP contribution in [0.25, 0.3) is 10.8 Å². The first kappa shape index (κ1) is 18.6. The Morgan fingerprint density at radius 3 is 2.43 bits per heavy atom. The Hall–Kier alpha value is -3.47. The topological polar surface area (TPSA) is 63.7 Å². The van der Waals surface area contributed by atoms with Gasteiger partial charge in [-0.2, -0.15) is 0 Å². The molecule has 3 atom stereocenters. The molecule has 1 saturated carbocycles. The van der Waals surface area contributed by atoms with Crippen molar-refractivity contribution in [3.05, 3.63) is 77.9 Å². The number of hydrogen-bond donors (Lipinski definition) is 0. The molecule has 1 unspecified atom stereocenters. The molecule has 1 aliphatic heterocycles. The van der Waals surface area contributed by atoms with Gasteiger partial charge in [-0.25, -0.2) is 0 Å². The van der Waals surface area contributed by atoms with Crippen LogP contribution in [0.2, 0.25) is 0 Å². The van der Waals surface area contributed by atoms with E-state index in [1.807, 2.05) is 60.7 Å². The van der Waals surface area contributed by atoms with Crippen molar-refractivity contribution in [2.75, 3.05) is 18.6 Å². The van der Waals surface area contributed by atoms with Crippen molar-refractivity contribution < 1.29 is 19.1 Å². The van der Waals surface area contributed by atoms with Crippen LogP contribution >= 0.6 is 0 Å². The lowest BCUT2D eigenvalue weighted by molar-refractivity contribution is -0.146. The van der Waals surface area contributed by atoms with Gasteiger partial charge in [0.1, 0.15) is 5.41 Å². The van der Waals surface area contributed by atoms with Crippen LogP contribution in [0.1, 0.15) is 22.8 Å². The minimum absolute atomic E-state index is 0.197. The van der Waals surface area contributed by atoms with Gasteiger partial charge in [-0.15, -0.1) is 0 Å². The van der Waals surface area contributed by atoms with Crippen LogP contribution in [0.4, 0.5) is 5.69 Å². The molecule has 0 N–H and O–H groups in total. The molecule has 30 heavy (non-hydrogen) atoms. The molecule has 1 fully saturated rings. The first-order chi connectivity index (χ1) is 14.5. The van der Waals surface area contributed by atoms with Crippen molar-refractivity contribution >= 4 is 34.1 Å². The highest BCUT2D eigenvalue weighted by Crippen LogP contribution is 2.67. The highest BCUT2D eigenvalue weighted by Gasteiger charge is 2.80. The number of rotatable bonds is 4. The number of para-hydroxylation sites is 1. The quantitative estimate of drug-likeness (QED) is 0.495. The Morgan fingerprint density at radius 1 is 0.967 bits per heavy atom. The maximum absolute atomic E-state index is 13.6. The summed E-state index contributed by atoms with van der Waals surface area (Å²) in [5.74, 6) is -2.49. The van der Waals surface area contributed by atoms with Crippen molar-refractivity contribution in [1.82, 2.24) is 0 Å². The van der Waals surface area contributed by atoms with Crippen molar-refractivity contribution in [2.45, 2.75) is 12.3 Å². The Labute approximate surface area is 174 Å². The third-order valence-corrected chi connectivity index (χ3v) is 6.43. The molecule has 5 rings (SSSR count). The second-order valence-corrected chi connectivity index (χ2v) is 7.88. The van der Waals surface area contributed by atoms with Gasteiger partial charge in [0.05, 0.1) is 18.4 Å². The number of ether oxygens (including phenoxy) is 1. The van der Waals surface area contributed by atoms with Gasteiger partial charge in [-0.05, 0) is 35.4 Å². The fourth-order valence-corrected chi connectivity index (χ4v) is 5.04. The van der Waals surface area contributed by atoms with E-state index in [1.54, 1.807) is 24.9 Å². The van der Waals surface area contributed by atoms with Crippen molar-refractivity contribution in [3.8, 4) is 0 Å². The largest absolute Gasteiger partial charge is 0.466 e. The fourth-order valence-electron chi connectivity index (χ4n) is 5.04. The highest BCUT2D eigenvalue weighted by atomic mass is 16.5. The number of carbonyl (C=O) groups excluding carboxylic acids is 3. The summed E-state index contributed by atoms with van der Waals surface area (Å²) in [5, 5.41) is 1.98. The summed E-state index contributed by atoms with van der Waals surface area (Å²) in [7, 11) is 1.69. The molecule has 1 heterocycles.